The summed E-state index contributed by atoms with van der Waals surface area (Å²) < 4.78 is 25.4. The van der Waals surface area contributed by atoms with E-state index in [1.807, 2.05) is 6.92 Å². The van der Waals surface area contributed by atoms with E-state index in [1.165, 1.54) is 0 Å². The largest absolute Gasteiger partial charge is 0.340 e. The molecule has 1 aliphatic carbocycles. The Morgan fingerprint density at radius 2 is 2.05 bits per heavy atom. The Labute approximate surface area is 111 Å². The zero-order valence-corrected chi connectivity index (χ0v) is 11.3. The van der Waals surface area contributed by atoms with Crippen molar-refractivity contribution in [3.05, 3.63) is 0 Å². The van der Waals surface area contributed by atoms with Gasteiger partial charge in [0, 0.05) is 0 Å². The van der Waals surface area contributed by atoms with Crippen LogP contribution in [0.4, 0.5) is 8.78 Å². The molecule has 0 aromatic rings. The minimum absolute atomic E-state index is 0.0895. The monoisotopic (exact) mass is 274 g/mol. The molecule has 1 heterocycles. The van der Waals surface area contributed by atoms with Crippen LogP contribution < -0.4 is 5.32 Å². The van der Waals surface area contributed by atoms with Gasteiger partial charge in [-0.3, -0.25) is 9.59 Å². The summed E-state index contributed by atoms with van der Waals surface area (Å²) in [5.41, 5.74) is -0.990. The van der Waals surface area contributed by atoms with Crippen molar-refractivity contribution in [2.75, 3.05) is 6.54 Å². The molecule has 1 aliphatic heterocycles. The molecule has 4 nitrogen and oxygen atoms in total. The Balaban J connectivity index is 2.24. The first-order chi connectivity index (χ1) is 8.90. The Kier molecular flexibility index (Phi) is 3.78. The molecule has 0 bridgehead atoms. The third-order valence-electron chi connectivity index (χ3n) is 4.06. The highest BCUT2D eigenvalue weighted by atomic mass is 19.3. The Morgan fingerprint density at radius 1 is 1.42 bits per heavy atom. The molecule has 2 unspecified atom stereocenters. The third-order valence-corrected chi connectivity index (χ3v) is 4.06. The first kappa shape index (κ1) is 14.2. The topological polar surface area (TPSA) is 49.4 Å². The van der Waals surface area contributed by atoms with Crippen LogP contribution in [0.5, 0.6) is 0 Å². The number of carbonyl (C=O) groups is 2. The molecule has 0 aromatic carbocycles. The van der Waals surface area contributed by atoms with Gasteiger partial charge in [0.25, 0.3) is 6.43 Å². The van der Waals surface area contributed by atoms with Gasteiger partial charge in [-0.1, -0.05) is 13.3 Å². The van der Waals surface area contributed by atoms with E-state index in [4.69, 9.17) is 0 Å². The summed E-state index contributed by atoms with van der Waals surface area (Å²) in [4.78, 5) is 25.7. The van der Waals surface area contributed by atoms with E-state index in [9.17, 15) is 18.4 Å². The molecule has 19 heavy (non-hydrogen) atoms. The average molecular weight is 274 g/mol. The summed E-state index contributed by atoms with van der Waals surface area (Å²) in [6.07, 6.45) is 0.209. The van der Waals surface area contributed by atoms with Crippen molar-refractivity contribution in [3.8, 4) is 0 Å². The predicted molar refractivity (Wildman–Crippen MR) is 65.7 cm³/mol. The maximum atomic E-state index is 12.7. The predicted octanol–water partition coefficient (Wildman–Crippen LogP) is 1.55. The number of nitrogens with zero attached hydrogens (tertiary/aromatic N) is 1. The van der Waals surface area contributed by atoms with Crippen LogP contribution in [0.1, 0.15) is 39.5 Å². The van der Waals surface area contributed by atoms with Gasteiger partial charge in [-0.25, -0.2) is 8.78 Å². The molecule has 0 radical (unpaired) electrons. The van der Waals surface area contributed by atoms with Crippen molar-refractivity contribution in [2.45, 2.75) is 57.5 Å². The van der Waals surface area contributed by atoms with E-state index < -0.39 is 24.6 Å². The second-order valence-electron chi connectivity index (χ2n) is 5.62. The highest BCUT2D eigenvalue weighted by molar-refractivity contribution is 6.00. The van der Waals surface area contributed by atoms with E-state index in [1.54, 1.807) is 6.92 Å². The molecule has 0 spiro atoms. The summed E-state index contributed by atoms with van der Waals surface area (Å²) in [6.45, 7) is 2.87. The number of piperazine rings is 1. The van der Waals surface area contributed by atoms with Crippen LogP contribution in [0.2, 0.25) is 0 Å². The second kappa shape index (κ2) is 5.06. The van der Waals surface area contributed by atoms with Gasteiger partial charge in [0.1, 0.15) is 11.6 Å². The van der Waals surface area contributed by atoms with Gasteiger partial charge in [-0.05, 0) is 32.1 Å². The van der Waals surface area contributed by atoms with E-state index >= 15 is 0 Å². The lowest BCUT2D eigenvalue weighted by molar-refractivity contribution is -0.157. The third kappa shape index (κ3) is 2.58. The summed E-state index contributed by atoms with van der Waals surface area (Å²) in [7, 11) is 0. The lowest BCUT2D eigenvalue weighted by atomic mass is 9.88. The normalized spacial score (nSPS) is 31.8. The lowest BCUT2D eigenvalue weighted by Crippen LogP contribution is -2.70. The Morgan fingerprint density at radius 3 is 2.53 bits per heavy atom. The summed E-state index contributed by atoms with van der Waals surface area (Å²) >= 11 is 0. The first-order valence-corrected chi connectivity index (χ1v) is 6.81. The number of alkyl halides is 2. The number of hydrogen-bond acceptors (Lipinski definition) is 2. The number of halogens is 2. The number of nitrogens with one attached hydrogen (secondary N) is 1. The van der Waals surface area contributed by atoms with Gasteiger partial charge in [-0.2, -0.15) is 0 Å². The fourth-order valence-electron chi connectivity index (χ4n) is 2.83. The maximum absolute atomic E-state index is 12.7. The SMILES string of the molecule is CCCC1C(=O)NC(C)(C2CC2)C(=O)N1CC(F)F. The number of rotatable bonds is 5. The van der Waals surface area contributed by atoms with Crippen molar-refractivity contribution in [1.29, 1.82) is 0 Å². The zero-order chi connectivity index (χ0) is 14.2. The van der Waals surface area contributed by atoms with E-state index in [2.05, 4.69) is 5.32 Å². The number of hydrogen-bond donors (Lipinski definition) is 1. The summed E-state index contributed by atoms with van der Waals surface area (Å²) in [5.74, 6) is -0.559. The molecule has 2 fully saturated rings. The highest BCUT2D eigenvalue weighted by Crippen LogP contribution is 2.42. The number of amides is 2. The molecular formula is C13H20F2N2O2. The standard InChI is InChI=1S/C13H20F2N2O2/c1-3-4-9-11(18)16-13(2,8-5-6-8)12(19)17(9)7-10(14)15/h8-10H,3-7H2,1-2H3,(H,16,18). The van der Waals surface area contributed by atoms with Crippen LogP contribution in [0, 0.1) is 5.92 Å². The summed E-state index contributed by atoms with van der Waals surface area (Å²) in [5, 5.41) is 2.77. The molecule has 2 aliphatic rings. The van der Waals surface area contributed by atoms with Crippen LogP contribution in [0.15, 0.2) is 0 Å². The lowest BCUT2D eigenvalue weighted by Gasteiger charge is -2.44. The zero-order valence-electron chi connectivity index (χ0n) is 11.3. The van der Waals surface area contributed by atoms with E-state index in [0.717, 1.165) is 17.7 Å². The van der Waals surface area contributed by atoms with Crippen molar-refractivity contribution < 1.29 is 18.4 Å². The van der Waals surface area contributed by atoms with E-state index in [-0.39, 0.29) is 17.7 Å². The van der Waals surface area contributed by atoms with E-state index in [0.29, 0.717) is 12.8 Å². The minimum Gasteiger partial charge on any atom is -0.340 e. The van der Waals surface area contributed by atoms with Crippen LogP contribution in [0.3, 0.4) is 0 Å². The molecule has 1 saturated carbocycles. The highest BCUT2D eigenvalue weighted by Gasteiger charge is 2.55. The first-order valence-electron chi connectivity index (χ1n) is 6.81. The van der Waals surface area contributed by atoms with Crippen molar-refractivity contribution in [3.63, 3.8) is 0 Å². The van der Waals surface area contributed by atoms with Gasteiger partial charge < -0.3 is 10.2 Å². The molecular weight excluding hydrogens is 254 g/mol. The van der Waals surface area contributed by atoms with Gasteiger partial charge >= 0.3 is 0 Å². The van der Waals surface area contributed by atoms with Crippen LogP contribution in [0.25, 0.3) is 0 Å². The minimum atomic E-state index is -2.61. The van der Waals surface area contributed by atoms with Crippen LogP contribution in [-0.2, 0) is 9.59 Å². The molecule has 2 atom stereocenters. The maximum Gasteiger partial charge on any atom is 0.255 e. The van der Waals surface area contributed by atoms with Crippen LogP contribution >= 0.6 is 0 Å². The molecule has 6 heteroatoms. The average Bonchev–Trinajstić information content (AvgIpc) is 3.14. The number of carbonyl (C=O) groups excluding carboxylic acids is 2. The molecule has 108 valence electrons. The van der Waals surface area contributed by atoms with Crippen molar-refractivity contribution >= 4 is 11.8 Å². The van der Waals surface area contributed by atoms with Crippen molar-refractivity contribution in [1.82, 2.24) is 10.2 Å². The summed E-state index contributed by atoms with van der Waals surface area (Å²) in [6, 6.07) is -0.752. The fraction of sp³-hybridized carbons (Fsp3) is 0.846. The van der Waals surface area contributed by atoms with Crippen molar-refractivity contribution in [2.24, 2.45) is 5.92 Å². The molecule has 1 N–H and O–H groups in total. The van der Waals surface area contributed by atoms with Gasteiger partial charge in [0.05, 0.1) is 6.54 Å². The molecule has 2 amide bonds. The smallest absolute Gasteiger partial charge is 0.255 e. The molecule has 2 rings (SSSR count). The molecule has 1 saturated heterocycles. The second-order valence-corrected chi connectivity index (χ2v) is 5.62. The Bertz CT molecular complexity index is 385. The van der Waals surface area contributed by atoms with Gasteiger partial charge in [0.15, 0.2) is 0 Å². The fourth-order valence-corrected chi connectivity index (χ4v) is 2.83. The van der Waals surface area contributed by atoms with Gasteiger partial charge in [-0.15, -0.1) is 0 Å². The quantitative estimate of drug-likeness (QED) is 0.827. The van der Waals surface area contributed by atoms with Crippen LogP contribution in [-0.4, -0.2) is 41.3 Å². The molecule has 0 aromatic heterocycles. The van der Waals surface area contributed by atoms with Gasteiger partial charge in [0.2, 0.25) is 11.8 Å². The Hall–Kier alpha value is -1.20.